The van der Waals surface area contributed by atoms with Gasteiger partial charge in [0.05, 0.1) is 10.7 Å². The number of hydrogen-bond acceptors (Lipinski definition) is 2. The number of nitrogens with zero attached hydrogens (tertiary/aromatic N) is 1. The number of halogens is 2. The maximum absolute atomic E-state index is 6.41. The van der Waals surface area contributed by atoms with Crippen LogP contribution in [-0.4, -0.2) is 25.7 Å². The molecule has 0 saturated carbocycles. The number of hydrogen-bond donors (Lipinski definition) is 1. The molecule has 1 heterocycles. The van der Waals surface area contributed by atoms with Crippen LogP contribution in [0.1, 0.15) is 26.7 Å². The normalized spacial score (nSPS) is 22.1. The van der Waals surface area contributed by atoms with Gasteiger partial charge in [0.25, 0.3) is 0 Å². The van der Waals surface area contributed by atoms with Crippen LogP contribution < -0.4 is 10.2 Å². The van der Waals surface area contributed by atoms with Crippen molar-refractivity contribution in [1.29, 1.82) is 0 Å². The highest BCUT2D eigenvalue weighted by Gasteiger charge is 2.22. The first kappa shape index (κ1) is 15.4. The van der Waals surface area contributed by atoms with Gasteiger partial charge in [-0.1, -0.05) is 31.9 Å². The summed E-state index contributed by atoms with van der Waals surface area (Å²) in [6.07, 6.45) is 2.39. The van der Waals surface area contributed by atoms with Gasteiger partial charge < -0.3 is 10.2 Å². The standard InChI is InChI=1S/C15H22ClIN2/c1-3-11(2)14-10-19(8-4-7-18-14)15-6-5-12(17)9-13(15)16/h5-6,9,11,14,18H,3-4,7-8,10H2,1-2H3. The molecule has 2 nitrogen and oxygen atoms in total. The average Bonchev–Trinajstić information content (AvgIpc) is 2.63. The van der Waals surface area contributed by atoms with Gasteiger partial charge in [-0.15, -0.1) is 0 Å². The third kappa shape index (κ3) is 3.99. The Hall–Kier alpha value is -0.000000000000000132. The molecule has 1 aliphatic heterocycles. The molecule has 0 radical (unpaired) electrons. The van der Waals surface area contributed by atoms with E-state index in [0.29, 0.717) is 12.0 Å². The van der Waals surface area contributed by atoms with Crippen molar-refractivity contribution in [3.05, 3.63) is 26.8 Å². The summed E-state index contributed by atoms with van der Waals surface area (Å²) in [6.45, 7) is 7.83. The first-order chi connectivity index (χ1) is 9.11. The monoisotopic (exact) mass is 392 g/mol. The molecular formula is C15H22ClIN2. The lowest BCUT2D eigenvalue weighted by molar-refractivity contribution is 0.384. The fourth-order valence-corrected chi connectivity index (χ4v) is 3.55. The molecule has 1 saturated heterocycles. The largest absolute Gasteiger partial charge is 0.369 e. The van der Waals surface area contributed by atoms with Crippen molar-refractivity contribution in [3.63, 3.8) is 0 Å². The van der Waals surface area contributed by atoms with Crippen molar-refractivity contribution >= 4 is 39.9 Å². The lowest BCUT2D eigenvalue weighted by atomic mass is 9.99. The van der Waals surface area contributed by atoms with Crippen LogP contribution in [0.3, 0.4) is 0 Å². The summed E-state index contributed by atoms with van der Waals surface area (Å²) >= 11 is 8.72. The molecule has 2 unspecified atom stereocenters. The summed E-state index contributed by atoms with van der Waals surface area (Å²) in [6, 6.07) is 6.90. The predicted octanol–water partition coefficient (Wildman–Crippen LogP) is 4.16. The van der Waals surface area contributed by atoms with Gasteiger partial charge in [0, 0.05) is 22.7 Å². The topological polar surface area (TPSA) is 15.3 Å². The number of rotatable bonds is 3. The quantitative estimate of drug-likeness (QED) is 0.777. The molecule has 1 fully saturated rings. The van der Waals surface area contributed by atoms with Crippen LogP contribution in [0.5, 0.6) is 0 Å². The number of benzene rings is 1. The Morgan fingerprint density at radius 1 is 1.53 bits per heavy atom. The van der Waals surface area contributed by atoms with Crippen molar-refractivity contribution in [2.24, 2.45) is 5.92 Å². The first-order valence-corrected chi connectivity index (χ1v) is 8.51. The molecule has 1 aliphatic rings. The lowest BCUT2D eigenvalue weighted by Gasteiger charge is -2.30. The summed E-state index contributed by atoms with van der Waals surface area (Å²) in [5, 5.41) is 4.55. The van der Waals surface area contributed by atoms with E-state index >= 15 is 0 Å². The molecule has 0 aliphatic carbocycles. The molecule has 2 atom stereocenters. The van der Waals surface area contributed by atoms with E-state index < -0.39 is 0 Å². The molecule has 0 aromatic heterocycles. The van der Waals surface area contributed by atoms with E-state index in [-0.39, 0.29) is 0 Å². The van der Waals surface area contributed by atoms with Crippen LogP contribution in [0.2, 0.25) is 5.02 Å². The third-order valence-electron chi connectivity index (χ3n) is 4.01. The Labute approximate surface area is 135 Å². The summed E-state index contributed by atoms with van der Waals surface area (Å²) in [5.41, 5.74) is 1.18. The van der Waals surface area contributed by atoms with E-state index in [9.17, 15) is 0 Å². The molecule has 1 aromatic rings. The van der Waals surface area contributed by atoms with E-state index in [0.717, 1.165) is 24.7 Å². The summed E-state index contributed by atoms with van der Waals surface area (Å²) in [7, 11) is 0. The smallest absolute Gasteiger partial charge is 0.0650 e. The van der Waals surface area contributed by atoms with Gasteiger partial charge in [0.2, 0.25) is 0 Å². The molecule has 4 heteroatoms. The second-order valence-electron chi connectivity index (χ2n) is 5.34. The molecule has 0 spiro atoms. The Morgan fingerprint density at radius 3 is 3.00 bits per heavy atom. The van der Waals surface area contributed by atoms with Crippen molar-refractivity contribution in [2.45, 2.75) is 32.7 Å². The van der Waals surface area contributed by atoms with Gasteiger partial charge in [-0.05, 0) is 59.7 Å². The highest BCUT2D eigenvalue weighted by molar-refractivity contribution is 14.1. The zero-order valence-electron chi connectivity index (χ0n) is 11.6. The first-order valence-electron chi connectivity index (χ1n) is 7.05. The number of anilines is 1. The van der Waals surface area contributed by atoms with E-state index in [1.165, 1.54) is 22.1 Å². The maximum atomic E-state index is 6.41. The molecule has 1 aromatic carbocycles. The lowest BCUT2D eigenvalue weighted by Crippen LogP contribution is -2.42. The Morgan fingerprint density at radius 2 is 2.32 bits per heavy atom. The van der Waals surface area contributed by atoms with Crippen molar-refractivity contribution < 1.29 is 0 Å². The highest BCUT2D eigenvalue weighted by atomic mass is 127. The Balaban J connectivity index is 2.17. The summed E-state index contributed by atoms with van der Waals surface area (Å²) < 4.78 is 1.19. The van der Waals surface area contributed by atoms with Gasteiger partial charge >= 0.3 is 0 Å². The van der Waals surface area contributed by atoms with Crippen LogP contribution in [0.15, 0.2) is 18.2 Å². The molecule has 106 valence electrons. The molecule has 0 bridgehead atoms. The fourth-order valence-electron chi connectivity index (χ4n) is 2.57. The van der Waals surface area contributed by atoms with Crippen molar-refractivity contribution in [1.82, 2.24) is 5.32 Å². The van der Waals surface area contributed by atoms with E-state index in [4.69, 9.17) is 11.6 Å². The van der Waals surface area contributed by atoms with Gasteiger partial charge in [-0.2, -0.15) is 0 Å². The SMILES string of the molecule is CCC(C)C1CN(c2ccc(I)cc2Cl)CCCN1. The van der Waals surface area contributed by atoms with Crippen LogP contribution >= 0.6 is 34.2 Å². The minimum atomic E-state index is 0.558. The van der Waals surface area contributed by atoms with Crippen LogP contribution in [0.4, 0.5) is 5.69 Å². The second kappa shape index (κ2) is 7.14. The van der Waals surface area contributed by atoms with E-state index in [2.05, 4.69) is 58.8 Å². The van der Waals surface area contributed by atoms with Crippen LogP contribution in [0, 0.1) is 9.49 Å². The highest BCUT2D eigenvalue weighted by Crippen LogP contribution is 2.29. The zero-order chi connectivity index (χ0) is 13.8. The zero-order valence-corrected chi connectivity index (χ0v) is 14.5. The number of nitrogens with one attached hydrogen (secondary N) is 1. The fraction of sp³-hybridized carbons (Fsp3) is 0.600. The molecule has 1 N–H and O–H groups in total. The second-order valence-corrected chi connectivity index (χ2v) is 6.99. The van der Waals surface area contributed by atoms with Gasteiger partial charge in [0.15, 0.2) is 0 Å². The molecular weight excluding hydrogens is 371 g/mol. The van der Waals surface area contributed by atoms with E-state index in [1.54, 1.807) is 0 Å². The van der Waals surface area contributed by atoms with Gasteiger partial charge in [-0.3, -0.25) is 0 Å². The Kier molecular flexibility index (Phi) is 5.78. The average molecular weight is 393 g/mol. The summed E-state index contributed by atoms with van der Waals surface area (Å²) in [4.78, 5) is 2.44. The van der Waals surface area contributed by atoms with E-state index in [1.807, 2.05) is 6.07 Å². The van der Waals surface area contributed by atoms with Crippen LogP contribution in [0.25, 0.3) is 0 Å². The third-order valence-corrected chi connectivity index (χ3v) is 4.98. The predicted molar refractivity (Wildman–Crippen MR) is 92.2 cm³/mol. The minimum absolute atomic E-state index is 0.558. The molecule has 2 rings (SSSR count). The van der Waals surface area contributed by atoms with Crippen LogP contribution in [-0.2, 0) is 0 Å². The molecule has 0 amide bonds. The van der Waals surface area contributed by atoms with Gasteiger partial charge in [-0.25, -0.2) is 0 Å². The minimum Gasteiger partial charge on any atom is -0.369 e. The van der Waals surface area contributed by atoms with Crippen molar-refractivity contribution in [2.75, 3.05) is 24.5 Å². The summed E-state index contributed by atoms with van der Waals surface area (Å²) in [5.74, 6) is 0.697. The maximum Gasteiger partial charge on any atom is 0.0650 e. The Bertz CT molecular complexity index is 425. The molecule has 19 heavy (non-hydrogen) atoms. The van der Waals surface area contributed by atoms with Gasteiger partial charge in [0.1, 0.15) is 0 Å². The van der Waals surface area contributed by atoms with Crippen molar-refractivity contribution in [3.8, 4) is 0 Å².